The normalized spacial score (nSPS) is 16.0. The first-order valence-corrected chi connectivity index (χ1v) is 10.5. The third kappa shape index (κ3) is 4.94. The van der Waals surface area contributed by atoms with Crippen molar-refractivity contribution in [3.63, 3.8) is 0 Å². The highest BCUT2D eigenvalue weighted by Gasteiger charge is 2.21. The van der Waals surface area contributed by atoms with Gasteiger partial charge in [0.15, 0.2) is 11.5 Å². The van der Waals surface area contributed by atoms with E-state index >= 15 is 0 Å². The number of nitrogens with one attached hydrogen (secondary N) is 1. The van der Waals surface area contributed by atoms with Gasteiger partial charge in [0.2, 0.25) is 0 Å². The maximum absolute atomic E-state index is 5.98. The molecule has 0 aliphatic carbocycles. The molecule has 0 saturated heterocycles. The molecule has 1 aliphatic heterocycles. The Labute approximate surface area is 174 Å². The molecule has 1 heterocycles. The first-order chi connectivity index (χ1) is 14.1. The number of hydrogen-bond acceptors (Lipinski definition) is 4. The minimum absolute atomic E-state index is 0.151. The maximum atomic E-state index is 5.98. The van der Waals surface area contributed by atoms with Gasteiger partial charge in [0.1, 0.15) is 5.75 Å². The summed E-state index contributed by atoms with van der Waals surface area (Å²) in [4.78, 5) is 0. The molecule has 4 nitrogen and oxygen atoms in total. The van der Waals surface area contributed by atoms with Gasteiger partial charge in [-0.1, -0.05) is 25.5 Å². The van der Waals surface area contributed by atoms with Gasteiger partial charge >= 0.3 is 0 Å². The average molecular weight is 396 g/mol. The van der Waals surface area contributed by atoms with Gasteiger partial charge in [0.05, 0.1) is 26.9 Å². The molecule has 0 amide bonds. The van der Waals surface area contributed by atoms with Gasteiger partial charge in [0, 0.05) is 6.54 Å². The summed E-state index contributed by atoms with van der Waals surface area (Å²) in [5.41, 5.74) is 6.26. The van der Waals surface area contributed by atoms with Crippen molar-refractivity contribution in [2.24, 2.45) is 0 Å². The van der Waals surface area contributed by atoms with Crippen molar-refractivity contribution < 1.29 is 14.2 Å². The Kier molecular flexibility index (Phi) is 7.21. The quantitative estimate of drug-likeness (QED) is 0.608. The fraction of sp³-hybridized carbons (Fsp3) is 0.440. The van der Waals surface area contributed by atoms with Crippen LogP contribution < -0.4 is 19.5 Å². The van der Waals surface area contributed by atoms with Crippen molar-refractivity contribution >= 4 is 6.08 Å². The van der Waals surface area contributed by atoms with Crippen molar-refractivity contribution in [2.45, 2.75) is 46.1 Å². The molecule has 156 valence electrons. The maximum Gasteiger partial charge on any atom is 0.161 e. The molecular formula is C25H33NO3. The van der Waals surface area contributed by atoms with Crippen LogP contribution in [-0.4, -0.2) is 27.4 Å². The first-order valence-electron chi connectivity index (χ1n) is 10.5. The number of methoxy groups -OCH3 is 2. The number of rotatable bonds is 8. The minimum Gasteiger partial charge on any atom is -0.497 e. The smallest absolute Gasteiger partial charge is 0.161 e. The van der Waals surface area contributed by atoms with Crippen LogP contribution in [0.4, 0.5) is 0 Å². The Morgan fingerprint density at radius 2 is 1.79 bits per heavy atom. The number of benzene rings is 2. The number of ether oxygens (including phenoxy) is 3. The summed E-state index contributed by atoms with van der Waals surface area (Å²) < 4.78 is 17.0. The lowest BCUT2D eigenvalue weighted by molar-refractivity contribution is 0.287. The fourth-order valence-corrected chi connectivity index (χ4v) is 3.87. The van der Waals surface area contributed by atoms with Gasteiger partial charge in [-0.2, -0.15) is 0 Å². The zero-order chi connectivity index (χ0) is 20.8. The van der Waals surface area contributed by atoms with E-state index in [2.05, 4.69) is 62.5 Å². The summed E-state index contributed by atoms with van der Waals surface area (Å²) >= 11 is 0. The van der Waals surface area contributed by atoms with Crippen LogP contribution in [-0.2, 0) is 6.42 Å². The lowest BCUT2D eigenvalue weighted by atomic mass is 9.92. The summed E-state index contributed by atoms with van der Waals surface area (Å²) in [5.74, 6) is 2.56. The molecule has 1 atom stereocenters. The van der Waals surface area contributed by atoms with E-state index in [1.54, 1.807) is 14.2 Å². The monoisotopic (exact) mass is 395 g/mol. The average Bonchev–Trinajstić information content (AvgIpc) is 2.72. The molecule has 0 aromatic heterocycles. The Hall–Kier alpha value is -2.46. The van der Waals surface area contributed by atoms with Crippen LogP contribution in [0.2, 0.25) is 0 Å². The Balaban J connectivity index is 1.88. The molecule has 0 saturated carbocycles. The topological polar surface area (TPSA) is 39.7 Å². The fourth-order valence-electron chi connectivity index (χ4n) is 3.87. The third-order valence-electron chi connectivity index (χ3n) is 5.53. The van der Waals surface area contributed by atoms with Crippen LogP contribution in [0, 0.1) is 13.8 Å². The zero-order valence-electron chi connectivity index (χ0n) is 18.3. The highest BCUT2D eigenvalue weighted by molar-refractivity contribution is 5.61. The molecule has 2 aromatic rings. The standard InChI is InChI=1S/C25H33NO3/c1-6-7-12-29-25-15-19-10-11-26-23(22(19)16-24(25)28-5)9-8-21-17(2)13-20(27-4)14-18(21)3/h8-9,13-16,23,26H,6-7,10-12H2,1-5H3/b9-8+. The predicted molar refractivity (Wildman–Crippen MR) is 119 cm³/mol. The van der Waals surface area contributed by atoms with E-state index < -0.39 is 0 Å². The number of aryl methyl sites for hydroxylation is 2. The lowest BCUT2D eigenvalue weighted by Crippen LogP contribution is -2.28. The van der Waals surface area contributed by atoms with Crippen LogP contribution in [0.3, 0.4) is 0 Å². The van der Waals surface area contributed by atoms with Crippen LogP contribution in [0.15, 0.2) is 30.3 Å². The Morgan fingerprint density at radius 1 is 1.03 bits per heavy atom. The molecule has 4 heteroatoms. The molecule has 1 N–H and O–H groups in total. The van der Waals surface area contributed by atoms with Gasteiger partial charge in [0.25, 0.3) is 0 Å². The molecule has 1 unspecified atom stereocenters. The van der Waals surface area contributed by atoms with Crippen molar-refractivity contribution in [3.05, 3.63) is 58.2 Å². The summed E-state index contributed by atoms with van der Waals surface area (Å²) in [7, 11) is 3.42. The van der Waals surface area contributed by atoms with Crippen LogP contribution in [0.5, 0.6) is 17.2 Å². The molecule has 29 heavy (non-hydrogen) atoms. The van der Waals surface area contributed by atoms with Crippen molar-refractivity contribution in [2.75, 3.05) is 27.4 Å². The summed E-state index contributed by atoms with van der Waals surface area (Å²) in [6.45, 7) is 8.09. The molecule has 2 aromatic carbocycles. The molecular weight excluding hydrogens is 362 g/mol. The largest absolute Gasteiger partial charge is 0.497 e. The van der Waals surface area contributed by atoms with Crippen molar-refractivity contribution in [1.82, 2.24) is 5.32 Å². The summed E-state index contributed by atoms with van der Waals surface area (Å²) in [6, 6.07) is 8.61. The predicted octanol–water partition coefficient (Wildman–Crippen LogP) is 5.40. The van der Waals surface area contributed by atoms with Gasteiger partial charge in [-0.25, -0.2) is 0 Å². The van der Waals surface area contributed by atoms with E-state index in [0.717, 1.165) is 49.7 Å². The first kappa shape index (κ1) is 21.3. The van der Waals surface area contributed by atoms with Crippen LogP contribution in [0.25, 0.3) is 6.08 Å². The molecule has 0 spiro atoms. The molecule has 1 aliphatic rings. The highest BCUT2D eigenvalue weighted by Crippen LogP contribution is 2.36. The lowest BCUT2D eigenvalue weighted by Gasteiger charge is -2.26. The third-order valence-corrected chi connectivity index (χ3v) is 5.53. The Morgan fingerprint density at radius 3 is 2.45 bits per heavy atom. The second-order valence-corrected chi connectivity index (χ2v) is 7.62. The summed E-state index contributed by atoms with van der Waals surface area (Å²) in [5, 5.41) is 3.62. The van der Waals surface area contributed by atoms with E-state index in [-0.39, 0.29) is 6.04 Å². The van der Waals surface area contributed by atoms with Crippen molar-refractivity contribution in [3.8, 4) is 17.2 Å². The van der Waals surface area contributed by atoms with Gasteiger partial charge in [-0.15, -0.1) is 0 Å². The SMILES string of the molecule is CCCCOc1cc2c(cc1OC)C(/C=C/c1c(C)cc(OC)cc1C)NCC2. The molecule has 0 radical (unpaired) electrons. The molecule has 0 fully saturated rings. The van der Waals surface area contributed by atoms with Gasteiger partial charge < -0.3 is 19.5 Å². The second-order valence-electron chi connectivity index (χ2n) is 7.62. The second kappa shape index (κ2) is 9.84. The number of hydrogen-bond donors (Lipinski definition) is 1. The molecule has 0 bridgehead atoms. The van der Waals surface area contributed by atoms with E-state index in [1.165, 1.54) is 27.8 Å². The van der Waals surface area contributed by atoms with E-state index in [9.17, 15) is 0 Å². The van der Waals surface area contributed by atoms with E-state index in [1.807, 2.05) is 0 Å². The van der Waals surface area contributed by atoms with Crippen LogP contribution in [0.1, 0.15) is 53.6 Å². The Bertz CT molecular complexity index is 850. The number of fused-ring (bicyclic) bond motifs is 1. The van der Waals surface area contributed by atoms with Gasteiger partial charge in [-0.3, -0.25) is 0 Å². The molecule has 3 rings (SSSR count). The zero-order valence-corrected chi connectivity index (χ0v) is 18.3. The number of unbranched alkanes of at least 4 members (excludes halogenated alkanes) is 1. The van der Waals surface area contributed by atoms with E-state index in [4.69, 9.17) is 14.2 Å². The highest BCUT2D eigenvalue weighted by atomic mass is 16.5. The van der Waals surface area contributed by atoms with Crippen molar-refractivity contribution in [1.29, 1.82) is 0 Å². The van der Waals surface area contributed by atoms with E-state index in [0.29, 0.717) is 0 Å². The minimum atomic E-state index is 0.151. The van der Waals surface area contributed by atoms with Gasteiger partial charge in [-0.05, 0) is 78.8 Å². The van der Waals surface area contributed by atoms with Crippen LogP contribution >= 0.6 is 0 Å². The summed E-state index contributed by atoms with van der Waals surface area (Å²) in [6.07, 6.45) is 7.63.